The van der Waals surface area contributed by atoms with Crippen LogP contribution in [0, 0.1) is 5.92 Å². The Morgan fingerprint density at radius 1 is 0.875 bits per heavy atom. The van der Waals surface area contributed by atoms with Crippen molar-refractivity contribution in [3.05, 3.63) is 71.8 Å². The second-order valence-corrected chi connectivity index (χ2v) is 5.47. The predicted octanol–water partition coefficient (Wildman–Crippen LogP) is 4.18. The molecule has 0 spiro atoms. The van der Waals surface area contributed by atoms with Gasteiger partial charge in [0.25, 0.3) is 0 Å². The Morgan fingerprint density at radius 3 is 1.79 bits per heavy atom. The first-order valence-electron chi connectivity index (χ1n) is 7.83. The minimum Gasteiger partial charge on any atom is -0.481 e. The van der Waals surface area contributed by atoms with Crippen LogP contribution in [0.2, 0.25) is 0 Å². The third-order valence-corrected chi connectivity index (χ3v) is 3.91. The average molecular weight is 324 g/mol. The van der Waals surface area contributed by atoms with Gasteiger partial charge in [0.2, 0.25) is 0 Å². The van der Waals surface area contributed by atoms with Gasteiger partial charge in [-0.25, -0.2) is 0 Å². The van der Waals surface area contributed by atoms with Crippen LogP contribution in [0.4, 0.5) is 0 Å². The molecule has 2 rings (SSSR count). The lowest BCUT2D eigenvalue weighted by molar-refractivity contribution is -0.146. The molecule has 0 heterocycles. The van der Waals surface area contributed by atoms with E-state index in [0.717, 1.165) is 16.7 Å². The number of carbonyl (C=O) groups is 2. The Morgan fingerprint density at radius 2 is 1.38 bits per heavy atom. The van der Waals surface area contributed by atoms with Gasteiger partial charge in [-0.1, -0.05) is 67.6 Å². The fraction of sp³-hybridized carbons (Fsp3) is 0.200. The molecular weight excluding hydrogens is 304 g/mol. The number of aliphatic carboxylic acids is 2. The van der Waals surface area contributed by atoms with E-state index in [1.165, 1.54) is 0 Å². The molecule has 0 fully saturated rings. The molecule has 24 heavy (non-hydrogen) atoms. The summed E-state index contributed by atoms with van der Waals surface area (Å²) in [5.74, 6) is -3.35. The van der Waals surface area contributed by atoms with E-state index in [1.54, 1.807) is 0 Å². The fourth-order valence-electron chi connectivity index (χ4n) is 2.88. The van der Waals surface area contributed by atoms with Gasteiger partial charge in [0.1, 0.15) is 0 Å². The molecular formula is C20H20O4. The highest BCUT2D eigenvalue weighted by Gasteiger charge is 2.29. The molecule has 0 aliphatic carbocycles. The maximum absolute atomic E-state index is 11.8. The molecule has 0 saturated heterocycles. The van der Waals surface area contributed by atoms with Crippen LogP contribution in [0.5, 0.6) is 0 Å². The molecule has 0 radical (unpaired) electrons. The minimum absolute atomic E-state index is 0.449. The lowest BCUT2D eigenvalue weighted by atomic mass is 9.83. The van der Waals surface area contributed by atoms with Crippen LogP contribution in [0.1, 0.15) is 30.9 Å². The van der Waals surface area contributed by atoms with Gasteiger partial charge < -0.3 is 10.2 Å². The molecule has 0 bridgehead atoms. The van der Waals surface area contributed by atoms with E-state index in [1.807, 2.05) is 67.6 Å². The highest BCUT2D eigenvalue weighted by Crippen LogP contribution is 2.36. The standard InChI is InChI=1S/C20H20O4/c1-2-16(14-9-5-3-6-10-14)19(15-11-7-4-8-12-15)17(20(23)24)13-18(21)22/h3-12,17H,2,13H2,1H3,(H,21,22)(H,23,24). The van der Waals surface area contributed by atoms with Crippen LogP contribution in [0.3, 0.4) is 0 Å². The highest BCUT2D eigenvalue weighted by atomic mass is 16.4. The molecule has 2 aromatic rings. The van der Waals surface area contributed by atoms with Crippen LogP contribution in [0.15, 0.2) is 60.7 Å². The molecule has 1 unspecified atom stereocenters. The highest BCUT2D eigenvalue weighted by molar-refractivity contribution is 6.01. The maximum atomic E-state index is 11.8. The van der Waals surface area contributed by atoms with E-state index >= 15 is 0 Å². The quantitative estimate of drug-likeness (QED) is 0.749. The van der Waals surface area contributed by atoms with Crippen molar-refractivity contribution in [2.75, 3.05) is 0 Å². The first-order valence-corrected chi connectivity index (χ1v) is 7.83. The molecule has 1 atom stereocenters. The van der Waals surface area contributed by atoms with Crippen molar-refractivity contribution in [1.29, 1.82) is 0 Å². The topological polar surface area (TPSA) is 74.6 Å². The maximum Gasteiger partial charge on any atom is 0.311 e. The molecule has 0 amide bonds. The number of carboxylic acids is 2. The van der Waals surface area contributed by atoms with Crippen LogP contribution in [-0.4, -0.2) is 22.2 Å². The minimum atomic E-state index is -1.13. The SMILES string of the molecule is CCC(=C(c1ccccc1)C(CC(=O)O)C(=O)O)c1ccccc1. The Hall–Kier alpha value is -2.88. The molecule has 2 aromatic carbocycles. The second-order valence-electron chi connectivity index (χ2n) is 5.47. The smallest absolute Gasteiger partial charge is 0.311 e. The summed E-state index contributed by atoms with van der Waals surface area (Å²) in [7, 11) is 0. The van der Waals surface area contributed by atoms with Crippen LogP contribution in [-0.2, 0) is 9.59 Å². The summed E-state index contributed by atoms with van der Waals surface area (Å²) < 4.78 is 0. The Balaban J connectivity index is 2.72. The summed E-state index contributed by atoms with van der Waals surface area (Å²) in [4.78, 5) is 23.0. The summed E-state index contributed by atoms with van der Waals surface area (Å²) in [6.45, 7) is 1.95. The number of benzene rings is 2. The zero-order chi connectivity index (χ0) is 17.5. The zero-order valence-corrected chi connectivity index (χ0v) is 13.5. The Labute approximate surface area is 141 Å². The van der Waals surface area contributed by atoms with Gasteiger partial charge in [-0.2, -0.15) is 0 Å². The molecule has 0 aliphatic heterocycles. The van der Waals surface area contributed by atoms with Gasteiger partial charge in [0, 0.05) is 0 Å². The first-order chi connectivity index (χ1) is 11.5. The van der Waals surface area contributed by atoms with Crippen LogP contribution >= 0.6 is 0 Å². The summed E-state index contributed by atoms with van der Waals surface area (Å²) in [5.41, 5.74) is 3.08. The summed E-state index contributed by atoms with van der Waals surface area (Å²) >= 11 is 0. The third kappa shape index (κ3) is 4.10. The predicted molar refractivity (Wildman–Crippen MR) is 93.4 cm³/mol. The fourth-order valence-corrected chi connectivity index (χ4v) is 2.88. The van der Waals surface area contributed by atoms with Gasteiger partial charge in [-0.05, 0) is 28.7 Å². The van der Waals surface area contributed by atoms with Gasteiger partial charge in [0.05, 0.1) is 12.3 Å². The Bertz CT molecular complexity index is 733. The lowest BCUT2D eigenvalue weighted by Crippen LogP contribution is -2.20. The van der Waals surface area contributed by atoms with Gasteiger partial charge in [-0.3, -0.25) is 9.59 Å². The largest absolute Gasteiger partial charge is 0.481 e. The molecule has 0 aromatic heterocycles. The van der Waals surface area contributed by atoms with Gasteiger partial charge >= 0.3 is 11.9 Å². The monoisotopic (exact) mass is 324 g/mol. The molecule has 124 valence electrons. The van der Waals surface area contributed by atoms with Crippen LogP contribution < -0.4 is 0 Å². The van der Waals surface area contributed by atoms with Crippen molar-refractivity contribution in [1.82, 2.24) is 0 Å². The number of carboxylic acid groups (broad SMARTS) is 2. The average Bonchev–Trinajstić information content (AvgIpc) is 2.59. The molecule has 0 saturated carbocycles. The van der Waals surface area contributed by atoms with Gasteiger partial charge in [0.15, 0.2) is 0 Å². The number of allylic oxidation sites excluding steroid dienone is 1. The molecule has 4 nitrogen and oxygen atoms in total. The van der Waals surface area contributed by atoms with E-state index < -0.39 is 24.3 Å². The zero-order valence-electron chi connectivity index (χ0n) is 13.5. The molecule has 4 heteroatoms. The summed E-state index contributed by atoms with van der Waals surface area (Å²) in [6.07, 6.45) is 0.160. The molecule has 0 aliphatic rings. The van der Waals surface area contributed by atoms with E-state index in [2.05, 4.69) is 0 Å². The number of hydrogen-bond donors (Lipinski definition) is 2. The normalized spacial score (nSPS) is 13.0. The first kappa shape index (κ1) is 17.5. The molecule has 2 N–H and O–H groups in total. The van der Waals surface area contributed by atoms with Crippen molar-refractivity contribution in [2.24, 2.45) is 5.92 Å². The van der Waals surface area contributed by atoms with E-state index in [4.69, 9.17) is 5.11 Å². The summed E-state index contributed by atoms with van der Waals surface area (Å²) in [6, 6.07) is 18.7. The third-order valence-electron chi connectivity index (χ3n) is 3.91. The van der Waals surface area contributed by atoms with Crippen LogP contribution in [0.25, 0.3) is 11.1 Å². The van der Waals surface area contributed by atoms with Crippen molar-refractivity contribution < 1.29 is 19.8 Å². The van der Waals surface area contributed by atoms with Crippen molar-refractivity contribution >= 4 is 23.1 Å². The number of hydrogen-bond acceptors (Lipinski definition) is 2. The Kier molecular flexibility index (Phi) is 5.90. The summed E-state index contributed by atoms with van der Waals surface area (Å²) in [5, 5.41) is 18.8. The van der Waals surface area contributed by atoms with Crippen molar-refractivity contribution in [2.45, 2.75) is 19.8 Å². The lowest BCUT2D eigenvalue weighted by Gasteiger charge is -2.21. The van der Waals surface area contributed by atoms with Gasteiger partial charge in [-0.15, -0.1) is 0 Å². The number of rotatable bonds is 7. The van der Waals surface area contributed by atoms with E-state index in [9.17, 15) is 14.7 Å². The second kappa shape index (κ2) is 8.11. The van der Waals surface area contributed by atoms with Crippen molar-refractivity contribution in [3.8, 4) is 0 Å². The van der Waals surface area contributed by atoms with E-state index in [0.29, 0.717) is 12.0 Å². The van der Waals surface area contributed by atoms with Crippen molar-refractivity contribution in [3.63, 3.8) is 0 Å². The van der Waals surface area contributed by atoms with E-state index in [-0.39, 0.29) is 0 Å².